The molecule has 1 N–H and O–H groups in total. The number of aromatic nitrogens is 3. The van der Waals surface area contributed by atoms with E-state index in [0.29, 0.717) is 34.8 Å². The number of imidazole rings is 1. The lowest BCUT2D eigenvalue weighted by molar-refractivity contribution is -0.0497. The molecule has 4 aromatic rings. The van der Waals surface area contributed by atoms with Crippen molar-refractivity contribution in [1.82, 2.24) is 15.0 Å². The van der Waals surface area contributed by atoms with E-state index >= 15 is 0 Å². The first-order valence-corrected chi connectivity index (χ1v) is 10.9. The number of rotatable bonds is 9. The van der Waals surface area contributed by atoms with Gasteiger partial charge < -0.3 is 18.8 Å². The number of aromatic amines is 1. The van der Waals surface area contributed by atoms with Crippen LogP contribution in [0.3, 0.4) is 0 Å². The average molecular weight is 459 g/mol. The van der Waals surface area contributed by atoms with E-state index in [1.54, 1.807) is 12.1 Å². The third-order valence-corrected chi connectivity index (χ3v) is 5.68. The molecule has 7 nitrogen and oxygen atoms in total. The van der Waals surface area contributed by atoms with Gasteiger partial charge in [0.05, 0.1) is 30.0 Å². The SMILES string of the molecule is COc1cnc(C[S+]([O-])c2nc3cc(OC(F)F)ccc3[nH]2)cc1OCc1ccccc1. The number of ether oxygens (including phenoxy) is 3. The highest BCUT2D eigenvalue weighted by Crippen LogP contribution is 2.29. The Morgan fingerprint density at radius 1 is 1.09 bits per heavy atom. The van der Waals surface area contributed by atoms with Gasteiger partial charge in [-0.05, 0) is 17.7 Å². The molecule has 0 saturated carbocycles. The summed E-state index contributed by atoms with van der Waals surface area (Å²) in [5.74, 6) is 1.00. The minimum atomic E-state index is -2.93. The minimum absolute atomic E-state index is 0.0200. The summed E-state index contributed by atoms with van der Waals surface area (Å²) >= 11 is -1.56. The number of alkyl halides is 2. The predicted octanol–water partition coefficient (Wildman–Crippen LogP) is 4.45. The van der Waals surface area contributed by atoms with Gasteiger partial charge >= 0.3 is 11.8 Å². The van der Waals surface area contributed by atoms with Gasteiger partial charge in [0.25, 0.3) is 0 Å². The molecule has 0 aliphatic rings. The first-order chi connectivity index (χ1) is 15.5. The highest BCUT2D eigenvalue weighted by atomic mass is 32.2. The first kappa shape index (κ1) is 21.8. The zero-order valence-electron chi connectivity index (χ0n) is 17.0. The Bertz CT molecular complexity index is 1190. The third-order valence-electron chi connectivity index (χ3n) is 4.50. The van der Waals surface area contributed by atoms with Crippen LogP contribution in [0.4, 0.5) is 8.78 Å². The number of nitrogens with one attached hydrogen (secondary N) is 1. The average Bonchev–Trinajstić information content (AvgIpc) is 3.22. The standard InChI is InChI=1S/C22H19F2N3O4S/c1-29-20-11-25-15(9-19(20)30-12-14-5-3-2-4-6-14)13-32(28)22-26-17-8-7-16(31-21(23)24)10-18(17)27-22/h2-11,21H,12-13H2,1H3,(H,26,27). The quantitative estimate of drug-likeness (QED) is 0.372. The fourth-order valence-corrected chi connectivity index (χ4v) is 3.98. The zero-order valence-corrected chi connectivity index (χ0v) is 17.8. The van der Waals surface area contributed by atoms with Gasteiger partial charge in [0.15, 0.2) is 17.3 Å². The van der Waals surface area contributed by atoms with Crippen molar-refractivity contribution < 1.29 is 27.5 Å². The molecule has 0 amide bonds. The first-order valence-electron chi connectivity index (χ1n) is 9.54. The summed E-state index contributed by atoms with van der Waals surface area (Å²) in [7, 11) is 1.52. The monoisotopic (exact) mass is 459 g/mol. The summed E-state index contributed by atoms with van der Waals surface area (Å²) in [6.07, 6.45) is 1.51. The largest absolute Gasteiger partial charge is 0.609 e. The van der Waals surface area contributed by atoms with Crippen LogP contribution in [0, 0.1) is 0 Å². The molecule has 0 bridgehead atoms. The number of pyridine rings is 1. The van der Waals surface area contributed by atoms with Gasteiger partial charge in [-0.1, -0.05) is 30.3 Å². The second-order valence-corrected chi connectivity index (χ2v) is 8.06. The molecule has 0 spiro atoms. The van der Waals surface area contributed by atoms with Gasteiger partial charge in [0, 0.05) is 23.3 Å². The molecule has 0 fully saturated rings. The van der Waals surface area contributed by atoms with Crippen molar-refractivity contribution in [3.8, 4) is 17.2 Å². The van der Waals surface area contributed by atoms with Crippen LogP contribution in [0.2, 0.25) is 0 Å². The molecule has 2 aromatic carbocycles. The van der Waals surface area contributed by atoms with Crippen molar-refractivity contribution in [2.75, 3.05) is 7.11 Å². The molecule has 0 aliphatic heterocycles. The molecule has 4 rings (SSSR count). The van der Waals surface area contributed by atoms with Gasteiger partial charge in [-0.2, -0.15) is 13.8 Å². The summed E-state index contributed by atoms with van der Waals surface area (Å²) in [5, 5.41) is 0.207. The number of hydrogen-bond acceptors (Lipinski definition) is 6. The Kier molecular flexibility index (Phi) is 6.72. The van der Waals surface area contributed by atoms with Crippen LogP contribution >= 0.6 is 0 Å². The summed E-state index contributed by atoms with van der Waals surface area (Å²) in [6.45, 7) is -2.59. The molecule has 2 aromatic heterocycles. The molecule has 32 heavy (non-hydrogen) atoms. The normalized spacial score (nSPS) is 12.2. The van der Waals surface area contributed by atoms with E-state index in [2.05, 4.69) is 19.7 Å². The van der Waals surface area contributed by atoms with E-state index in [4.69, 9.17) is 9.47 Å². The fourth-order valence-electron chi connectivity index (χ4n) is 2.99. The maximum atomic E-state index is 12.8. The number of methoxy groups -OCH3 is 1. The molecular formula is C22H19F2N3O4S. The number of benzene rings is 2. The zero-order chi connectivity index (χ0) is 22.5. The fraction of sp³-hybridized carbons (Fsp3) is 0.182. The second-order valence-electron chi connectivity index (χ2n) is 6.69. The predicted molar refractivity (Wildman–Crippen MR) is 114 cm³/mol. The Morgan fingerprint density at radius 3 is 2.66 bits per heavy atom. The second kappa shape index (κ2) is 9.84. The highest BCUT2D eigenvalue weighted by Gasteiger charge is 2.20. The van der Waals surface area contributed by atoms with Crippen LogP contribution in [-0.4, -0.2) is 33.2 Å². The van der Waals surface area contributed by atoms with Crippen LogP contribution in [0.1, 0.15) is 11.3 Å². The Morgan fingerprint density at radius 2 is 1.91 bits per heavy atom. The Labute approximate surface area is 185 Å². The molecule has 0 aliphatic carbocycles. The van der Waals surface area contributed by atoms with Crippen LogP contribution in [-0.2, 0) is 23.5 Å². The van der Waals surface area contributed by atoms with E-state index in [-0.39, 0.29) is 16.7 Å². The lowest BCUT2D eigenvalue weighted by atomic mass is 10.2. The minimum Gasteiger partial charge on any atom is -0.609 e. The topological polar surface area (TPSA) is 92.3 Å². The number of fused-ring (bicyclic) bond motifs is 1. The Balaban J connectivity index is 1.49. The van der Waals surface area contributed by atoms with E-state index < -0.39 is 17.8 Å². The molecule has 2 heterocycles. The van der Waals surface area contributed by atoms with Crippen LogP contribution < -0.4 is 14.2 Å². The van der Waals surface area contributed by atoms with Crippen molar-refractivity contribution >= 4 is 22.2 Å². The van der Waals surface area contributed by atoms with Crippen LogP contribution in [0.15, 0.2) is 66.0 Å². The molecule has 1 unspecified atom stereocenters. The van der Waals surface area contributed by atoms with Crippen LogP contribution in [0.25, 0.3) is 11.0 Å². The van der Waals surface area contributed by atoms with Crippen molar-refractivity contribution in [2.45, 2.75) is 24.1 Å². The molecule has 1 atom stereocenters. The van der Waals surface area contributed by atoms with E-state index in [9.17, 15) is 13.3 Å². The summed E-state index contributed by atoms with van der Waals surface area (Å²) in [4.78, 5) is 11.5. The summed E-state index contributed by atoms with van der Waals surface area (Å²) in [6, 6.07) is 15.6. The Hall–Kier alpha value is -3.37. The smallest absolute Gasteiger partial charge is 0.387 e. The lowest BCUT2D eigenvalue weighted by Crippen LogP contribution is -2.09. The number of halogens is 2. The van der Waals surface area contributed by atoms with E-state index in [0.717, 1.165) is 5.56 Å². The van der Waals surface area contributed by atoms with E-state index in [1.165, 1.54) is 25.4 Å². The van der Waals surface area contributed by atoms with Crippen molar-refractivity contribution in [3.05, 3.63) is 72.1 Å². The molecule has 0 saturated heterocycles. The van der Waals surface area contributed by atoms with Gasteiger partial charge in [-0.25, -0.2) is 0 Å². The lowest BCUT2D eigenvalue weighted by Gasteiger charge is -2.12. The maximum Gasteiger partial charge on any atom is 0.387 e. The van der Waals surface area contributed by atoms with Gasteiger partial charge in [-0.3, -0.25) is 9.97 Å². The van der Waals surface area contributed by atoms with Crippen molar-refractivity contribution in [1.29, 1.82) is 0 Å². The maximum absolute atomic E-state index is 12.8. The van der Waals surface area contributed by atoms with Gasteiger partial charge in [0.2, 0.25) is 0 Å². The number of H-pyrrole nitrogens is 1. The van der Waals surface area contributed by atoms with E-state index in [1.807, 2.05) is 30.3 Å². The molecule has 10 heteroatoms. The molecular weight excluding hydrogens is 440 g/mol. The number of nitrogens with zero attached hydrogens (tertiary/aromatic N) is 2. The summed E-state index contributed by atoms with van der Waals surface area (Å²) < 4.78 is 53.2. The van der Waals surface area contributed by atoms with Gasteiger partial charge in [-0.15, -0.1) is 0 Å². The third kappa shape index (κ3) is 5.27. The van der Waals surface area contributed by atoms with Gasteiger partial charge in [0.1, 0.15) is 12.4 Å². The highest BCUT2D eigenvalue weighted by molar-refractivity contribution is 7.90. The van der Waals surface area contributed by atoms with Crippen LogP contribution in [0.5, 0.6) is 17.2 Å². The molecule has 0 radical (unpaired) electrons. The summed E-state index contributed by atoms with van der Waals surface area (Å²) in [5.41, 5.74) is 2.45. The number of hydrogen-bond donors (Lipinski definition) is 1. The molecule has 166 valence electrons. The van der Waals surface area contributed by atoms with Crippen molar-refractivity contribution in [3.63, 3.8) is 0 Å². The van der Waals surface area contributed by atoms with Crippen molar-refractivity contribution in [2.24, 2.45) is 0 Å².